The Morgan fingerprint density at radius 3 is 2.44 bits per heavy atom. The summed E-state index contributed by atoms with van der Waals surface area (Å²) >= 11 is 1.61. The number of likely N-dealkylation sites (tertiary alicyclic amines) is 1. The molecule has 7 nitrogen and oxygen atoms in total. The van der Waals surface area contributed by atoms with Crippen molar-refractivity contribution in [2.75, 3.05) is 13.6 Å². The molecule has 174 valence electrons. The number of nitrogens with zero attached hydrogens (tertiary/aromatic N) is 2. The van der Waals surface area contributed by atoms with Crippen molar-refractivity contribution in [1.82, 2.24) is 20.5 Å². The minimum absolute atomic E-state index is 0.160. The zero-order valence-corrected chi connectivity index (χ0v) is 20.5. The van der Waals surface area contributed by atoms with Gasteiger partial charge in [0.25, 0.3) is 0 Å². The maximum atomic E-state index is 13.2. The highest BCUT2D eigenvalue weighted by Crippen LogP contribution is 2.28. The quantitative estimate of drug-likeness (QED) is 0.619. The van der Waals surface area contributed by atoms with Crippen LogP contribution in [0.25, 0.3) is 11.3 Å². The van der Waals surface area contributed by atoms with Gasteiger partial charge >= 0.3 is 0 Å². The van der Waals surface area contributed by atoms with E-state index in [9.17, 15) is 14.7 Å². The zero-order valence-electron chi connectivity index (χ0n) is 19.7. The van der Waals surface area contributed by atoms with E-state index in [2.05, 4.69) is 15.6 Å². The molecule has 8 heteroatoms. The van der Waals surface area contributed by atoms with E-state index in [1.165, 1.54) is 9.78 Å². The molecule has 0 radical (unpaired) electrons. The van der Waals surface area contributed by atoms with E-state index in [0.717, 1.165) is 16.8 Å². The fourth-order valence-electron chi connectivity index (χ4n) is 4.30. The van der Waals surface area contributed by atoms with Crippen molar-refractivity contribution in [2.24, 2.45) is 5.41 Å². The van der Waals surface area contributed by atoms with E-state index in [-0.39, 0.29) is 36.2 Å². The lowest BCUT2D eigenvalue weighted by molar-refractivity contribution is -0.142. The van der Waals surface area contributed by atoms with Gasteiger partial charge < -0.3 is 20.6 Å². The number of aromatic nitrogens is 1. The summed E-state index contributed by atoms with van der Waals surface area (Å²) in [6.45, 7) is 10.1. The average molecular weight is 459 g/mol. The van der Waals surface area contributed by atoms with Crippen molar-refractivity contribution in [1.29, 1.82) is 0 Å². The summed E-state index contributed by atoms with van der Waals surface area (Å²) in [6.07, 6.45) is -0.462. The number of carbonyl (C=O) groups is 2. The van der Waals surface area contributed by atoms with Crippen LogP contribution in [0.1, 0.15) is 50.6 Å². The molecule has 1 fully saturated rings. The number of hydrogen-bond acceptors (Lipinski definition) is 6. The summed E-state index contributed by atoms with van der Waals surface area (Å²) in [6, 6.07) is 6.64. The lowest BCUT2D eigenvalue weighted by Gasteiger charge is -2.34. The molecule has 2 amide bonds. The summed E-state index contributed by atoms with van der Waals surface area (Å²) in [4.78, 5) is 33.4. The van der Waals surface area contributed by atoms with Crippen LogP contribution in [0.4, 0.5) is 0 Å². The van der Waals surface area contributed by atoms with Gasteiger partial charge in [-0.25, -0.2) is 4.98 Å². The molecule has 1 aromatic carbocycles. The molecular weight excluding hydrogens is 424 g/mol. The number of aliphatic hydroxyl groups is 1. The third-order valence-corrected chi connectivity index (χ3v) is 6.81. The lowest BCUT2D eigenvalue weighted by atomic mass is 9.86. The van der Waals surface area contributed by atoms with Crippen LogP contribution < -0.4 is 10.6 Å². The van der Waals surface area contributed by atoms with Crippen molar-refractivity contribution in [3.05, 3.63) is 40.2 Å². The largest absolute Gasteiger partial charge is 0.391 e. The Kier molecular flexibility index (Phi) is 7.37. The monoisotopic (exact) mass is 458 g/mol. The Balaban J connectivity index is 1.70. The Bertz CT molecular complexity index is 951. The summed E-state index contributed by atoms with van der Waals surface area (Å²) in [5.74, 6) is -0.405. The number of nitrogens with one attached hydrogen (secondary N) is 2. The first-order valence-corrected chi connectivity index (χ1v) is 11.9. The third kappa shape index (κ3) is 5.19. The van der Waals surface area contributed by atoms with Gasteiger partial charge in [0, 0.05) is 23.4 Å². The number of amides is 2. The fraction of sp³-hybridized carbons (Fsp3) is 0.542. The van der Waals surface area contributed by atoms with E-state index in [0.29, 0.717) is 0 Å². The minimum atomic E-state index is -0.705. The molecular formula is C24H34N4O3S. The number of rotatable bonds is 6. The summed E-state index contributed by atoms with van der Waals surface area (Å²) in [5.41, 5.74) is 4.51. The summed E-state index contributed by atoms with van der Waals surface area (Å²) < 4.78 is 0. The van der Waals surface area contributed by atoms with Gasteiger partial charge in [-0.15, -0.1) is 11.3 Å². The molecule has 1 aliphatic rings. The van der Waals surface area contributed by atoms with Crippen molar-refractivity contribution >= 4 is 23.2 Å². The third-order valence-electron chi connectivity index (χ3n) is 6.05. The standard InChI is InChI=1S/C24H34N4O3S/c1-14(16-7-9-17(10-8-16)20-15(2)32-13-26-20)27-22(30)19-11-18(29)12-28(19)23(31)21(25-6)24(3,4)5/h7-10,13-14,18-19,21,25,29H,11-12H2,1-6H3,(H,27,30)/t14-,18+,19-,21+/m0/s1. The number of hydrogen-bond donors (Lipinski definition) is 3. The van der Waals surface area contributed by atoms with Gasteiger partial charge in [0.05, 0.1) is 29.4 Å². The van der Waals surface area contributed by atoms with E-state index >= 15 is 0 Å². The summed E-state index contributed by atoms with van der Waals surface area (Å²) in [7, 11) is 1.74. The van der Waals surface area contributed by atoms with Crippen LogP contribution in [0.15, 0.2) is 29.8 Å². The van der Waals surface area contributed by atoms with Gasteiger partial charge in [0.2, 0.25) is 11.8 Å². The van der Waals surface area contributed by atoms with Crippen LogP contribution in [0, 0.1) is 12.3 Å². The second-order valence-electron chi connectivity index (χ2n) is 9.59. The van der Waals surface area contributed by atoms with Crippen molar-refractivity contribution < 1.29 is 14.7 Å². The van der Waals surface area contributed by atoms with Crippen LogP contribution in [-0.4, -0.2) is 58.6 Å². The van der Waals surface area contributed by atoms with Crippen molar-refractivity contribution in [3.8, 4) is 11.3 Å². The van der Waals surface area contributed by atoms with Crippen LogP contribution in [0.5, 0.6) is 0 Å². The molecule has 32 heavy (non-hydrogen) atoms. The van der Waals surface area contributed by atoms with Crippen LogP contribution in [0.2, 0.25) is 0 Å². The number of likely N-dealkylation sites (N-methyl/N-ethyl adjacent to an activating group) is 1. The molecule has 4 atom stereocenters. The molecule has 0 unspecified atom stereocenters. The number of aliphatic hydroxyl groups excluding tert-OH is 1. The highest BCUT2D eigenvalue weighted by molar-refractivity contribution is 7.10. The lowest BCUT2D eigenvalue weighted by Crippen LogP contribution is -2.56. The van der Waals surface area contributed by atoms with Gasteiger partial charge in [0.1, 0.15) is 6.04 Å². The van der Waals surface area contributed by atoms with Gasteiger partial charge in [-0.2, -0.15) is 0 Å². The number of aryl methyl sites for hydroxylation is 1. The predicted octanol–water partition coefficient (Wildman–Crippen LogP) is 2.89. The van der Waals surface area contributed by atoms with E-state index < -0.39 is 18.2 Å². The molecule has 0 spiro atoms. The minimum Gasteiger partial charge on any atom is -0.391 e. The normalized spacial score (nSPS) is 20.8. The van der Waals surface area contributed by atoms with E-state index in [1.807, 2.05) is 64.4 Å². The van der Waals surface area contributed by atoms with Gasteiger partial charge in [-0.05, 0) is 31.9 Å². The first-order valence-electron chi connectivity index (χ1n) is 11.0. The molecule has 1 saturated heterocycles. The fourth-order valence-corrected chi connectivity index (χ4v) is 4.90. The number of benzene rings is 1. The first kappa shape index (κ1) is 24.4. The van der Waals surface area contributed by atoms with E-state index in [4.69, 9.17) is 0 Å². The Morgan fingerprint density at radius 1 is 1.25 bits per heavy atom. The molecule has 1 aliphatic heterocycles. The zero-order chi connectivity index (χ0) is 23.6. The van der Waals surface area contributed by atoms with Gasteiger partial charge in [-0.3, -0.25) is 9.59 Å². The first-order chi connectivity index (χ1) is 15.0. The second kappa shape index (κ2) is 9.68. The van der Waals surface area contributed by atoms with E-state index in [1.54, 1.807) is 18.4 Å². The predicted molar refractivity (Wildman–Crippen MR) is 127 cm³/mol. The summed E-state index contributed by atoms with van der Waals surface area (Å²) in [5, 5.41) is 16.3. The molecule has 0 saturated carbocycles. The van der Waals surface area contributed by atoms with Crippen LogP contribution >= 0.6 is 11.3 Å². The molecule has 2 aromatic rings. The average Bonchev–Trinajstić information content (AvgIpc) is 3.33. The molecule has 2 heterocycles. The Labute approximate surface area is 194 Å². The van der Waals surface area contributed by atoms with Crippen LogP contribution in [-0.2, 0) is 9.59 Å². The maximum absolute atomic E-state index is 13.2. The molecule has 3 rings (SSSR count). The highest BCUT2D eigenvalue weighted by atomic mass is 32.1. The highest BCUT2D eigenvalue weighted by Gasteiger charge is 2.43. The smallest absolute Gasteiger partial charge is 0.243 e. The molecule has 0 aliphatic carbocycles. The molecule has 0 bridgehead atoms. The topological polar surface area (TPSA) is 94.6 Å². The maximum Gasteiger partial charge on any atom is 0.243 e. The Hall–Kier alpha value is -2.29. The van der Waals surface area contributed by atoms with Crippen LogP contribution in [0.3, 0.4) is 0 Å². The van der Waals surface area contributed by atoms with Gasteiger partial charge in [-0.1, -0.05) is 45.0 Å². The number of β-amino-alcohol motifs (C(OH)–C–C–N with tert-alkyl or cyclic N) is 1. The number of thiazole rings is 1. The SMILES string of the molecule is CN[C@H](C(=O)N1C[C@H](O)C[C@H]1C(=O)N[C@@H](C)c1ccc(-c2ncsc2C)cc1)C(C)(C)C. The number of carbonyl (C=O) groups excluding carboxylic acids is 2. The molecule has 3 N–H and O–H groups in total. The van der Waals surface area contributed by atoms with Crippen molar-refractivity contribution in [2.45, 2.75) is 65.3 Å². The second-order valence-corrected chi connectivity index (χ2v) is 10.7. The van der Waals surface area contributed by atoms with Gasteiger partial charge in [0.15, 0.2) is 0 Å². The van der Waals surface area contributed by atoms with Crippen molar-refractivity contribution in [3.63, 3.8) is 0 Å². The Morgan fingerprint density at radius 2 is 1.91 bits per heavy atom. The molecule has 1 aromatic heterocycles.